The van der Waals surface area contributed by atoms with Crippen LogP contribution in [0.4, 0.5) is 5.69 Å². The van der Waals surface area contributed by atoms with E-state index in [-0.39, 0.29) is 6.04 Å². The molecule has 2 N–H and O–H groups in total. The first-order valence-corrected chi connectivity index (χ1v) is 10.5. The molecule has 0 bridgehead atoms. The molecule has 1 aliphatic rings. The van der Waals surface area contributed by atoms with Crippen LogP contribution in [-0.4, -0.2) is 10.2 Å². The van der Waals surface area contributed by atoms with Gasteiger partial charge in [-0.05, 0) is 72.9 Å². The van der Waals surface area contributed by atoms with E-state index in [4.69, 9.17) is 0 Å². The lowest BCUT2D eigenvalue weighted by molar-refractivity contribution is 0.600. The van der Waals surface area contributed by atoms with Gasteiger partial charge >= 0.3 is 0 Å². The molecule has 142 valence electrons. The molecule has 0 fully saturated rings. The van der Waals surface area contributed by atoms with Crippen LogP contribution in [-0.2, 0) is 6.42 Å². The van der Waals surface area contributed by atoms with Crippen LogP contribution >= 0.6 is 15.9 Å². The fraction of sp³-hybridized carbons (Fsp3) is 0.167. The van der Waals surface area contributed by atoms with E-state index in [1.807, 2.05) is 24.3 Å². The number of rotatable bonds is 3. The van der Waals surface area contributed by atoms with E-state index in [2.05, 4.69) is 73.9 Å². The van der Waals surface area contributed by atoms with Crippen molar-refractivity contribution < 1.29 is 0 Å². The van der Waals surface area contributed by atoms with Gasteiger partial charge in [0.25, 0.3) is 0 Å². The third kappa shape index (κ3) is 3.41. The molecule has 1 aromatic heterocycles. The third-order valence-corrected chi connectivity index (χ3v) is 6.14. The summed E-state index contributed by atoms with van der Waals surface area (Å²) in [5, 5.41) is 21.7. The van der Waals surface area contributed by atoms with E-state index in [1.165, 1.54) is 11.1 Å². The summed E-state index contributed by atoms with van der Waals surface area (Å²) in [7, 11) is 0. The van der Waals surface area contributed by atoms with Crippen molar-refractivity contribution in [3.05, 3.63) is 81.8 Å². The summed E-state index contributed by atoms with van der Waals surface area (Å²) in [5.41, 5.74) is 7.48. The Kier molecular flexibility index (Phi) is 4.57. The number of hydrogen-bond acceptors (Lipinski definition) is 3. The van der Waals surface area contributed by atoms with E-state index in [1.54, 1.807) is 0 Å². The second-order valence-corrected chi connectivity index (χ2v) is 8.37. The number of benzene rings is 3. The van der Waals surface area contributed by atoms with Gasteiger partial charge in [-0.3, -0.25) is 5.10 Å². The van der Waals surface area contributed by atoms with E-state index in [0.717, 1.165) is 57.1 Å². The normalized spacial score (nSPS) is 15.7. The molecule has 3 aromatic carbocycles. The minimum Gasteiger partial charge on any atom is -0.378 e. The maximum Gasteiger partial charge on any atom is 0.1000 e. The van der Waals surface area contributed by atoms with Gasteiger partial charge in [0.2, 0.25) is 0 Å². The molecule has 4 aromatic rings. The lowest BCUT2D eigenvalue weighted by atomic mass is 9.86. The molecule has 4 nitrogen and oxygen atoms in total. The van der Waals surface area contributed by atoms with E-state index < -0.39 is 0 Å². The van der Waals surface area contributed by atoms with Crippen molar-refractivity contribution >= 4 is 32.5 Å². The minimum absolute atomic E-state index is 0.256. The smallest absolute Gasteiger partial charge is 0.1000 e. The Morgan fingerprint density at radius 1 is 1.07 bits per heavy atom. The molecule has 1 atom stereocenters. The van der Waals surface area contributed by atoms with Gasteiger partial charge in [-0.25, -0.2) is 0 Å². The summed E-state index contributed by atoms with van der Waals surface area (Å²) in [6, 6.07) is 23.1. The fourth-order valence-electron chi connectivity index (χ4n) is 4.17. The SMILES string of the molecule is N#Cc1ccc2c(c1)CCCC2Nc1ccc2[nH]nc(-c3ccc(Br)cc3)c2c1. The fourth-order valence-corrected chi connectivity index (χ4v) is 4.43. The zero-order valence-electron chi connectivity index (χ0n) is 15.7. The van der Waals surface area contributed by atoms with Crippen molar-refractivity contribution in [2.45, 2.75) is 25.3 Å². The highest BCUT2D eigenvalue weighted by Gasteiger charge is 2.21. The number of fused-ring (bicyclic) bond motifs is 2. The number of H-pyrrole nitrogens is 1. The molecule has 1 heterocycles. The Morgan fingerprint density at radius 2 is 1.93 bits per heavy atom. The monoisotopic (exact) mass is 442 g/mol. The molecule has 1 unspecified atom stereocenters. The van der Waals surface area contributed by atoms with Crippen LogP contribution < -0.4 is 5.32 Å². The third-order valence-electron chi connectivity index (χ3n) is 5.61. The molecular formula is C24H19BrN4. The van der Waals surface area contributed by atoms with Crippen LogP contribution in [0.1, 0.15) is 35.6 Å². The van der Waals surface area contributed by atoms with Gasteiger partial charge in [0, 0.05) is 21.1 Å². The Balaban J connectivity index is 1.49. The number of nitrogens with one attached hydrogen (secondary N) is 2. The summed E-state index contributed by atoms with van der Waals surface area (Å²) >= 11 is 3.49. The van der Waals surface area contributed by atoms with Crippen LogP contribution in [0.25, 0.3) is 22.2 Å². The molecule has 5 rings (SSSR count). The number of nitriles is 1. The van der Waals surface area contributed by atoms with Crippen LogP contribution in [0.15, 0.2) is 65.1 Å². The zero-order chi connectivity index (χ0) is 19.8. The predicted molar refractivity (Wildman–Crippen MR) is 120 cm³/mol. The largest absolute Gasteiger partial charge is 0.378 e. The summed E-state index contributed by atoms with van der Waals surface area (Å²) in [6.45, 7) is 0. The highest BCUT2D eigenvalue weighted by atomic mass is 79.9. The van der Waals surface area contributed by atoms with Crippen molar-refractivity contribution in [1.29, 1.82) is 5.26 Å². The number of nitrogens with zero attached hydrogens (tertiary/aromatic N) is 2. The quantitative estimate of drug-likeness (QED) is 0.388. The first kappa shape index (κ1) is 18.0. The zero-order valence-corrected chi connectivity index (χ0v) is 17.3. The van der Waals surface area contributed by atoms with Crippen LogP contribution in [0.5, 0.6) is 0 Å². The summed E-state index contributed by atoms with van der Waals surface area (Å²) in [4.78, 5) is 0. The van der Waals surface area contributed by atoms with Crippen molar-refractivity contribution in [1.82, 2.24) is 10.2 Å². The summed E-state index contributed by atoms with van der Waals surface area (Å²) < 4.78 is 1.05. The van der Waals surface area contributed by atoms with Gasteiger partial charge in [-0.2, -0.15) is 10.4 Å². The maximum atomic E-state index is 9.18. The molecule has 29 heavy (non-hydrogen) atoms. The Labute approximate surface area is 177 Å². The minimum atomic E-state index is 0.256. The maximum absolute atomic E-state index is 9.18. The predicted octanol–water partition coefficient (Wildman–Crippen LogP) is 6.35. The van der Waals surface area contributed by atoms with Gasteiger partial charge in [-0.1, -0.05) is 34.1 Å². The number of aromatic nitrogens is 2. The second kappa shape index (κ2) is 7.38. The number of anilines is 1. The highest BCUT2D eigenvalue weighted by molar-refractivity contribution is 9.10. The first-order valence-electron chi connectivity index (χ1n) is 9.75. The van der Waals surface area contributed by atoms with Gasteiger partial charge in [0.05, 0.1) is 28.9 Å². The molecule has 1 aliphatic carbocycles. The molecule has 0 amide bonds. The summed E-state index contributed by atoms with van der Waals surface area (Å²) in [6.07, 6.45) is 3.25. The molecule has 0 saturated heterocycles. The number of aryl methyl sites for hydroxylation is 1. The van der Waals surface area contributed by atoms with Crippen LogP contribution in [0.3, 0.4) is 0 Å². The van der Waals surface area contributed by atoms with Crippen molar-refractivity contribution in [3.63, 3.8) is 0 Å². The van der Waals surface area contributed by atoms with E-state index >= 15 is 0 Å². The second-order valence-electron chi connectivity index (χ2n) is 7.45. The van der Waals surface area contributed by atoms with Crippen LogP contribution in [0.2, 0.25) is 0 Å². The van der Waals surface area contributed by atoms with Gasteiger partial charge < -0.3 is 5.32 Å². The van der Waals surface area contributed by atoms with Crippen molar-refractivity contribution in [3.8, 4) is 17.3 Å². The molecule has 0 spiro atoms. The average molecular weight is 443 g/mol. The average Bonchev–Trinajstić information content (AvgIpc) is 3.17. The molecular weight excluding hydrogens is 424 g/mol. The molecule has 5 heteroatoms. The Hall–Kier alpha value is -3.10. The van der Waals surface area contributed by atoms with Gasteiger partial charge in [0.15, 0.2) is 0 Å². The lowest BCUT2D eigenvalue weighted by Gasteiger charge is -2.27. The molecule has 0 saturated carbocycles. The number of hydrogen-bond donors (Lipinski definition) is 2. The van der Waals surface area contributed by atoms with Gasteiger partial charge in [-0.15, -0.1) is 0 Å². The standard InChI is InChI=1S/C24H19BrN4/c25-18-7-5-16(6-8-18)24-21-13-19(9-11-23(21)28-29-24)27-22-3-1-2-17-12-15(14-26)4-10-20(17)22/h4-13,22,27H,1-3H2,(H,28,29). The van der Waals surface area contributed by atoms with E-state index in [9.17, 15) is 5.26 Å². The van der Waals surface area contributed by atoms with E-state index in [0.29, 0.717) is 0 Å². The van der Waals surface area contributed by atoms with Crippen molar-refractivity contribution in [2.24, 2.45) is 0 Å². The number of aromatic amines is 1. The highest BCUT2D eigenvalue weighted by Crippen LogP contribution is 2.35. The number of halogens is 1. The molecule has 0 aliphatic heterocycles. The lowest BCUT2D eigenvalue weighted by Crippen LogP contribution is -2.17. The summed E-state index contributed by atoms with van der Waals surface area (Å²) in [5.74, 6) is 0. The van der Waals surface area contributed by atoms with Crippen molar-refractivity contribution in [2.75, 3.05) is 5.32 Å². The van der Waals surface area contributed by atoms with Crippen LogP contribution in [0, 0.1) is 11.3 Å². The Morgan fingerprint density at radius 3 is 2.76 bits per heavy atom. The topological polar surface area (TPSA) is 64.5 Å². The van der Waals surface area contributed by atoms with Gasteiger partial charge in [0.1, 0.15) is 0 Å². The molecule has 0 radical (unpaired) electrons. The first-order chi connectivity index (χ1) is 14.2. The Bertz CT molecular complexity index is 1230.